The number of nitrogen functional groups attached to an aromatic ring is 1. The third-order valence-electron chi connectivity index (χ3n) is 5.51. The number of carboxylic acids is 1. The summed E-state index contributed by atoms with van der Waals surface area (Å²) in [4.78, 5) is 24.4. The summed E-state index contributed by atoms with van der Waals surface area (Å²) in [7, 11) is 0. The predicted octanol–water partition coefficient (Wildman–Crippen LogP) is 2.53. The van der Waals surface area contributed by atoms with Gasteiger partial charge in [0.05, 0.1) is 17.7 Å². The van der Waals surface area contributed by atoms with Gasteiger partial charge in [0.15, 0.2) is 11.6 Å². The van der Waals surface area contributed by atoms with Crippen molar-refractivity contribution >= 4 is 22.6 Å². The maximum Gasteiger partial charge on any atom is 0.341 e. The number of pyridine rings is 1. The number of carboxylic acid groups (broad SMARTS) is 1. The Morgan fingerprint density at radius 2 is 1.96 bits per heavy atom. The Labute approximate surface area is 140 Å². The molecule has 0 unspecified atom stereocenters. The van der Waals surface area contributed by atoms with E-state index in [2.05, 4.69) is 0 Å². The Hall–Kier alpha value is -2.64. The van der Waals surface area contributed by atoms with Gasteiger partial charge in [-0.3, -0.25) is 4.79 Å². The number of benzene rings is 1. The molecule has 25 heavy (non-hydrogen) atoms. The number of aromatic carboxylic acids is 1. The second-order valence-corrected chi connectivity index (χ2v) is 6.70. The summed E-state index contributed by atoms with van der Waals surface area (Å²) >= 11 is 0. The van der Waals surface area contributed by atoms with Gasteiger partial charge in [0, 0.05) is 17.7 Å². The number of anilines is 1. The normalized spacial score (nSPS) is 17.9. The molecule has 3 N–H and O–H groups in total. The minimum Gasteiger partial charge on any atom is -0.488 e. The topological polar surface area (TPSA) is 94.5 Å². The van der Waals surface area contributed by atoms with E-state index in [-0.39, 0.29) is 29.0 Å². The van der Waals surface area contributed by atoms with Gasteiger partial charge in [0.2, 0.25) is 11.2 Å². The van der Waals surface area contributed by atoms with Gasteiger partial charge < -0.3 is 20.1 Å². The molecule has 2 aromatic rings. The standard InChI is InChI=1S/C17H16F2N2O4/c1-7-8(16(23)24)14(22)9-12(20)10(18)11(19)15-13(9)21(7)17(3-2-4-17)5-6-25-15/h2-6,20H2,1H3,(H,23,24). The number of ether oxygens (including phenoxy) is 1. The quantitative estimate of drug-likeness (QED) is 0.771. The number of fused-ring (bicyclic) bond motifs is 1. The lowest BCUT2D eigenvalue weighted by Crippen LogP contribution is -2.43. The number of nitrogens with two attached hydrogens (primary N) is 1. The fraction of sp³-hybridized carbons (Fsp3) is 0.412. The molecule has 1 aromatic carbocycles. The van der Waals surface area contributed by atoms with Crippen LogP contribution in [0.1, 0.15) is 41.7 Å². The summed E-state index contributed by atoms with van der Waals surface area (Å²) < 4.78 is 35.8. The molecule has 1 aromatic heterocycles. The number of hydrogen-bond donors (Lipinski definition) is 2. The predicted molar refractivity (Wildman–Crippen MR) is 86.2 cm³/mol. The first-order chi connectivity index (χ1) is 11.8. The molecule has 132 valence electrons. The molecule has 6 nitrogen and oxygen atoms in total. The minimum absolute atomic E-state index is 0.0566. The second-order valence-electron chi connectivity index (χ2n) is 6.70. The zero-order chi connectivity index (χ0) is 18.1. The van der Waals surface area contributed by atoms with Gasteiger partial charge in [-0.15, -0.1) is 0 Å². The van der Waals surface area contributed by atoms with E-state index in [1.165, 1.54) is 6.92 Å². The van der Waals surface area contributed by atoms with E-state index < -0.39 is 39.8 Å². The first kappa shape index (κ1) is 15.9. The Kier molecular flexibility index (Phi) is 3.13. The number of halogens is 2. The second kappa shape index (κ2) is 4.93. The van der Waals surface area contributed by atoms with Gasteiger partial charge in [-0.25, -0.2) is 9.18 Å². The molecule has 1 aliphatic heterocycles. The molecule has 4 rings (SSSR count). The van der Waals surface area contributed by atoms with Crippen molar-refractivity contribution in [2.45, 2.75) is 38.1 Å². The molecule has 1 fully saturated rings. The van der Waals surface area contributed by atoms with Crippen LogP contribution in [0.5, 0.6) is 5.75 Å². The summed E-state index contributed by atoms with van der Waals surface area (Å²) in [5.74, 6) is -4.44. The van der Waals surface area contributed by atoms with E-state index in [4.69, 9.17) is 10.5 Å². The summed E-state index contributed by atoms with van der Waals surface area (Å²) in [6, 6.07) is 0. The highest BCUT2D eigenvalue weighted by atomic mass is 19.2. The highest BCUT2D eigenvalue weighted by Crippen LogP contribution is 2.49. The average molecular weight is 350 g/mol. The smallest absolute Gasteiger partial charge is 0.341 e. The number of hydrogen-bond acceptors (Lipinski definition) is 4. The van der Waals surface area contributed by atoms with Crippen molar-refractivity contribution in [3.8, 4) is 5.75 Å². The third-order valence-corrected chi connectivity index (χ3v) is 5.51. The lowest BCUT2D eigenvalue weighted by atomic mass is 9.73. The van der Waals surface area contributed by atoms with E-state index in [1.54, 1.807) is 4.57 Å². The van der Waals surface area contributed by atoms with E-state index in [0.717, 1.165) is 19.3 Å². The fourth-order valence-electron chi connectivity index (χ4n) is 4.17. The van der Waals surface area contributed by atoms with Crippen molar-refractivity contribution in [2.24, 2.45) is 0 Å². The molecule has 1 spiro atoms. The zero-order valence-corrected chi connectivity index (χ0v) is 13.5. The molecule has 2 heterocycles. The monoisotopic (exact) mass is 350 g/mol. The first-order valence-electron chi connectivity index (χ1n) is 8.02. The Balaban J connectivity index is 2.33. The van der Waals surface area contributed by atoms with E-state index >= 15 is 0 Å². The lowest BCUT2D eigenvalue weighted by Gasteiger charge is -2.45. The lowest BCUT2D eigenvalue weighted by molar-refractivity contribution is 0.0690. The largest absolute Gasteiger partial charge is 0.488 e. The maximum atomic E-state index is 14.5. The number of carbonyl (C=O) groups is 1. The van der Waals surface area contributed by atoms with Crippen LogP contribution >= 0.6 is 0 Å². The summed E-state index contributed by atoms with van der Waals surface area (Å²) in [5, 5.41) is 9.18. The molecule has 0 atom stereocenters. The summed E-state index contributed by atoms with van der Waals surface area (Å²) in [6.07, 6.45) is 2.92. The van der Waals surface area contributed by atoms with E-state index in [0.29, 0.717) is 6.42 Å². The van der Waals surface area contributed by atoms with Crippen LogP contribution in [0.4, 0.5) is 14.5 Å². The minimum atomic E-state index is -1.42. The van der Waals surface area contributed by atoms with Gasteiger partial charge in [-0.05, 0) is 26.2 Å². The highest BCUT2D eigenvalue weighted by Gasteiger charge is 2.44. The van der Waals surface area contributed by atoms with Crippen molar-refractivity contribution in [1.29, 1.82) is 0 Å². The van der Waals surface area contributed by atoms with Crippen LogP contribution in [-0.4, -0.2) is 22.2 Å². The molecule has 0 amide bonds. The fourth-order valence-corrected chi connectivity index (χ4v) is 4.17. The molecular formula is C17H16F2N2O4. The number of rotatable bonds is 1. The third kappa shape index (κ3) is 1.82. The van der Waals surface area contributed by atoms with Crippen LogP contribution in [0.25, 0.3) is 10.9 Å². The van der Waals surface area contributed by atoms with Crippen molar-refractivity contribution < 1.29 is 23.4 Å². The highest BCUT2D eigenvalue weighted by molar-refractivity contribution is 6.01. The number of aromatic nitrogens is 1. The molecule has 2 aliphatic rings. The van der Waals surface area contributed by atoms with Crippen molar-refractivity contribution in [2.75, 3.05) is 12.3 Å². The van der Waals surface area contributed by atoms with Gasteiger partial charge >= 0.3 is 5.97 Å². The zero-order valence-electron chi connectivity index (χ0n) is 13.5. The van der Waals surface area contributed by atoms with E-state index in [1.807, 2.05) is 0 Å². The van der Waals surface area contributed by atoms with Crippen LogP contribution in [0.2, 0.25) is 0 Å². The van der Waals surface area contributed by atoms with Crippen LogP contribution in [-0.2, 0) is 5.54 Å². The average Bonchev–Trinajstić information content (AvgIpc) is 2.69. The summed E-state index contributed by atoms with van der Waals surface area (Å²) in [5.41, 5.74) is 3.40. The van der Waals surface area contributed by atoms with Gasteiger partial charge in [0.25, 0.3) is 0 Å². The van der Waals surface area contributed by atoms with Gasteiger partial charge in [0.1, 0.15) is 11.1 Å². The van der Waals surface area contributed by atoms with Crippen molar-refractivity contribution in [3.05, 3.63) is 33.1 Å². The number of nitrogens with zero attached hydrogens (tertiary/aromatic N) is 1. The van der Waals surface area contributed by atoms with Gasteiger partial charge in [-0.1, -0.05) is 0 Å². The molecule has 8 heteroatoms. The van der Waals surface area contributed by atoms with Crippen LogP contribution in [0.15, 0.2) is 4.79 Å². The van der Waals surface area contributed by atoms with Crippen molar-refractivity contribution in [1.82, 2.24) is 4.57 Å². The SMILES string of the molecule is Cc1c(C(=O)O)c(=O)c2c(N)c(F)c(F)c3c2n1C1(CCC1)CCO3. The molecular weight excluding hydrogens is 334 g/mol. The Morgan fingerprint density at radius 3 is 2.52 bits per heavy atom. The molecule has 0 saturated heterocycles. The maximum absolute atomic E-state index is 14.5. The molecule has 1 aliphatic carbocycles. The Bertz CT molecular complexity index is 1010. The van der Waals surface area contributed by atoms with E-state index in [9.17, 15) is 23.5 Å². The van der Waals surface area contributed by atoms with Gasteiger partial charge in [-0.2, -0.15) is 4.39 Å². The Morgan fingerprint density at radius 1 is 1.28 bits per heavy atom. The molecule has 0 radical (unpaired) electrons. The van der Waals surface area contributed by atoms with Crippen LogP contribution < -0.4 is 15.9 Å². The van der Waals surface area contributed by atoms with Crippen LogP contribution in [0.3, 0.4) is 0 Å². The first-order valence-corrected chi connectivity index (χ1v) is 8.02. The summed E-state index contributed by atoms with van der Waals surface area (Å²) in [6.45, 7) is 1.66. The van der Waals surface area contributed by atoms with Crippen LogP contribution in [0, 0.1) is 18.6 Å². The van der Waals surface area contributed by atoms with Crippen molar-refractivity contribution in [3.63, 3.8) is 0 Å². The molecule has 0 bridgehead atoms. The molecule has 1 saturated carbocycles.